The molecule has 0 radical (unpaired) electrons. The number of aromatic amines is 1. The molecular formula is C14H13N5O2. The van der Waals surface area contributed by atoms with E-state index < -0.39 is 0 Å². The summed E-state index contributed by atoms with van der Waals surface area (Å²) in [5.41, 5.74) is 1.14. The van der Waals surface area contributed by atoms with Gasteiger partial charge in [-0.15, -0.1) is 0 Å². The second-order valence-electron chi connectivity index (χ2n) is 4.38. The van der Waals surface area contributed by atoms with Crippen molar-refractivity contribution in [3.8, 4) is 11.3 Å². The number of carbonyl (C=O) groups is 1. The van der Waals surface area contributed by atoms with Crippen molar-refractivity contribution in [1.29, 1.82) is 0 Å². The van der Waals surface area contributed by atoms with Gasteiger partial charge in [-0.2, -0.15) is 5.10 Å². The number of hydrogen-bond donors (Lipinski definition) is 2. The number of carbonyl (C=O) groups excluding carboxylic acids is 1. The first-order valence-corrected chi connectivity index (χ1v) is 6.47. The molecular weight excluding hydrogens is 270 g/mol. The van der Waals surface area contributed by atoms with E-state index in [0.29, 0.717) is 18.7 Å². The van der Waals surface area contributed by atoms with Crippen LogP contribution in [0.1, 0.15) is 16.3 Å². The van der Waals surface area contributed by atoms with Gasteiger partial charge in [0.05, 0.1) is 0 Å². The fourth-order valence-electron chi connectivity index (χ4n) is 1.86. The summed E-state index contributed by atoms with van der Waals surface area (Å²) in [7, 11) is 0. The van der Waals surface area contributed by atoms with Gasteiger partial charge in [0.15, 0.2) is 11.5 Å². The summed E-state index contributed by atoms with van der Waals surface area (Å²) >= 11 is 0. The van der Waals surface area contributed by atoms with Gasteiger partial charge >= 0.3 is 0 Å². The highest BCUT2D eigenvalue weighted by molar-refractivity contribution is 5.93. The molecule has 2 N–H and O–H groups in total. The van der Waals surface area contributed by atoms with Gasteiger partial charge in [0.2, 0.25) is 0 Å². The molecule has 2 aromatic heterocycles. The van der Waals surface area contributed by atoms with E-state index in [2.05, 4.69) is 25.7 Å². The van der Waals surface area contributed by atoms with Crippen LogP contribution in [0.5, 0.6) is 0 Å². The van der Waals surface area contributed by atoms with Crippen LogP contribution in [0.2, 0.25) is 0 Å². The maximum atomic E-state index is 11.9. The van der Waals surface area contributed by atoms with Crippen LogP contribution < -0.4 is 5.32 Å². The Bertz CT molecular complexity index is 706. The summed E-state index contributed by atoms with van der Waals surface area (Å²) in [5, 5.41) is 13.0. The average Bonchev–Trinajstić information content (AvgIpc) is 3.20. The van der Waals surface area contributed by atoms with Crippen molar-refractivity contribution in [2.45, 2.75) is 6.42 Å². The molecule has 0 spiro atoms. The molecule has 0 aliphatic rings. The van der Waals surface area contributed by atoms with E-state index in [4.69, 9.17) is 4.52 Å². The zero-order valence-electron chi connectivity index (χ0n) is 11.1. The van der Waals surface area contributed by atoms with Crippen LogP contribution in [0.4, 0.5) is 0 Å². The van der Waals surface area contributed by atoms with E-state index in [0.717, 1.165) is 11.4 Å². The van der Waals surface area contributed by atoms with Crippen LogP contribution in [-0.4, -0.2) is 32.8 Å². The minimum absolute atomic E-state index is 0.256. The number of amides is 1. The van der Waals surface area contributed by atoms with E-state index in [9.17, 15) is 4.79 Å². The van der Waals surface area contributed by atoms with Crippen LogP contribution in [0.3, 0.4) is 0 Å². The van der Waals surface area contributed by atoms with E-state index >= 15 is 0 Å². The van der Waals surface area contributed by atoms with Crippen molar-refractivity contribution in [1.82, 2.24) is 25.7 Å². The van der Waals surface area contributed by atoms with Crippen molar-refractivity contribution >= 4 is 5.91 Å². The van der Waals surface area contributed by atoms with Crippen LogP contribution in [-0.2, 0) is 6.42 Å². The lowest BCUT2D eigenvalue weighted by Crippen LogP contribution is -2.26. The van der Waals surface area contributed by atoms with E-state index in [1.54, 1.807) is 6.07 Å². The van der Waals surface area contributed by atoms with Crippen molar-refractivity contribution in [3.05, 3.63) is 54.2 Å². The second-order valence-corrected chi connectivity index (χ2v) is 4.38. The summed E-state index contributed by atoms with van der Waals surface area (Å²) in [6.45, 7) is 0.446. The zero-order valence-corrected chi connectivity index (χ0v) is 11.1. The van der Waals surface area contributed by atoms with Gasteiger partial charge in [-0.25, -0.2) is 4.98 Å². The topological polar surface area (TPSA) is 96.7 Å². The number of hydrogen-bond acceptors (Lipinski definition) is 5. The predicted octanol–water partition coefficient (Wildman–Crippen LogP) is 1.43. The molecule has 0 fully saturated rings. The van der Waals surface area contributed by atoms with Gasteiger partial charge in [0, 0.05) is 24.6 Å². The maximum absolute atomic E-state index is 11.9. The molecule has 0 bridgehead atoms. The second kappa shape index (κ2) is 6.00. The van der Waals surface area contributed by atoms with E-state index in [1.807, 2.05) is 30.3 Å². The largest absolute Gasteiger partial charge is 0.355 e. The average molecular weight is 283 g/mol. The quantitative estimate of drug-likeness (QED) is 0.738. The minimum atomic E-state index is -0.277. The SMILES string of the molecule is O=C(NCCc1ncn[nH]1)c1cc(-c2ccccc2)on1. The Hall–Kier alpha value is -2.96. The molecule has 106 valence electrons. The van der Waals surface area contributed by atoms with Crippen molar-refractivity contribution in [2.24, 2.45) is 0 Å². The Labute approximate surface area is 120 Å². The molecule has 0 aliphatic carbocycles. The molecule has 0 saturated heterocycles. The van der Waals surface area contributed by atoms with Crippen molar-refractivity contribution < 1.29 is 9.32 Å². The summed E-state index contributed by atoms with van der Waals surface area (Å²) < 4.78 is 5.18. The van der Waals surface area contributed by atoms with Gasteiger partial charge in [0.1, 0.15) is 12.2 Å². The number of H-pyrrole nitrogens is 1. The molecule has 0 atom stereocenters. The molecule has 7 nitrogen and oxygen atoms in total. The van der Waals surface area contributed by atoms with E-state index in [-0.39, 0.29) is 11.6 Å². The highest BCUT2D eigenvalue weighted by atomic mass is 16.5. The third kappa shape index (κ3) is 3.14. The number of rotatable bonds is 5. The highest BCUT2D eigenvalue weighted by Crippen LogP contribution is 2.19. The molecule has 2 heterocycles. The number of benzene rings is 1. The molecule has 1 amide bonds. The number of aromatic nitrogens is 4. The summed E-state index contributed by atoms with van der Waals surface area (Å²) in [6.07, 6.45) is 2.01. The lowest BCUT2D eigenvalue weighted by Gasteiger charge is -1.99. The molecule has 21 heavy (non-hydrogen) atoms. The van der Waals surface area contributed by atoms with Crippen LogP contribution in [0.15, 0.2) is 47.2 Å². The van der Waals surface area contributed by atoms with Gasteiger partial charge in [0.25, 0.3) is 5.91 Å². The molecule has 1 aromatic carbocycles. The fourth-order valence-corrected chi connectivity index (χ4v) is 1.86. The van der Waals surface area contributed by atoms with Crippen LogP contribution in [0.25, 0.3) is 11.3 Å². The fraction of sp³-hybridized carbons (Fsp3) is 0.143. The Kier molecular flexibility index (Phi) is 3.72. The maximum Gasteiger partial charge on any atom is 0.273 e. The van der Waals surface area contributed by atoms with Gasteiger partial charge in [-0.3, -0.25) is 9.89 Å². The van der Waals surface area contributed by atoms with Gasteiger partial charge in [-0.1, -0.05) is 35.5 Å². The molecule has 3 aromatic rings. The normalized spacial score (nSPS) is 10.5. The first-order valence-electron chi connectivity index (χ1n) is 6.47. The van der Waals surface area contributed by atoms with Crippen LogP contribution >= 0.6 is 0 Å². The first kappa shape index (κ1) is 13.0. The van der Waals surface area contributed by atoms with E-state index in [1.165, 1.54) is 6.33 Å². The Morgan fingerprint density at radius 2 is 2.14 bits per heavy atom. The zero-order chi connectivity index (χ0) is 14.5. The predicted molar refractivity (Wildman–Crippen MR) is 74.4 cm³/mol. The minimum Gasteiger partial charge on any atom is -0.355 e. The summed E-state index contributed by atoms with van der Waals surface area (Å²) in [5.74, 6) is 1.01. The summed E-state index contributed by atoms with van der Waals surface area (Å²) in [6, 6.07) is 11.1. The van der Waals surface area contributed by atoms with Crippen molar-refractivity contribution in [2.75, 3.05) is 6.54 Å². The monoisotopic (exact) mass is 283 g/mol. The molecule has 0 saturated carbocycles. The third-order valence-corrected chi connectivity index (χ3v) is 2.91. The first-order chi connectivity index (χ1) is 10.3. The lowest BCUT2D eigenvalue weighted by molar-refractivity contribution is 0.0945. The molecule has 7 heteroatoms. The Morgan fingerprint density at radius 3 is 2.90 bits per heavy atom. The summed E-state index contributed by atoms with van der Waals surface area (Å²) in [4.78, 5) is 15.9. The molecule has 3 rings (SSSR count). The number of nitrogens with one attached hydrogen (secondary N) is 2. The van der Waals surface area contributed by atoms with Gasteiger partial charge < -0.3 is 9.84 Å². The Balaban J connectivity index is 1.59. The standard InChI is InChI=1S/C14H13N5O2/c20-14(15-7-6-13-16-9-17-18-13)11-8-12(21-19-11)10-4-2-1-3-5-10/h1-5,8-9H,6-7H2,(H,15,20)(H,16,17,18). The van der Waals surface area contributed by atoms with Gasteiger partial charge in [-0.05, 0) is 0 Å². The van der Waals surface area contributed by atoms with Crippen molar-refractivity contribution in [3.63, 3.8) is 0 Å². The number of nitrogens with zero attached hydrogens (tertiary/aromatic N) is 3. The molecule has 0 unspecified atom stereocenters. The highest BCUT2D eigenvalue weighted by Gasteiger charge is 2.13. The lowest BCUT2D eigenvalue weighted by atomic mass is 10.1. The van der Waals surface area contributed by atoms with Crippen LogP contribution in [0, 0.1) is 0 Å². The third-order valence-electron chi connectivity index (χ3n) is 2.91. The Morgan fingerprint density at radius 1 is 1.29 bits per heavy atom. The smallest absolute Gasteiger partial charge is 0.273 e. The molecule has 0 aliphatic heterocycles.